The fraction of sp³-hybridized carbons (Fsp3) is 0.364. The van der Waals surface area contributed by atoms with Crippen LogP contribution in [0.4, 0.5) is 29.6 Å². The number of aryl methyl sites for hydroxylation is 1. The number of halogens is 3. The Morgan fingerprint density at radius 1 is 1.11 bits per heavy atom. The minimum absolute atomic E-state index is 0.0385. The van der Waals surface area contributed by atoms with Crippen molar-refractivity contribution in [2.75, 3.05) is 11.9 Å². The Morgan fingerprint density at radius 3 is 2.55 bits per heavy atom. The van der Waals surface area contributed by atoms with Gasteiger partial charge in [-0.3, -0.25) is 4.79 Å². The Kier molecular flexibility index (Phi) is 9.15. The van der Waals surface area contributed by atoms with Gasteiger partial charge in [0, 0.05) is 30.5 Å². The zero-order valence-corrected chi connectivity index (χ0v) is 26.3. The number of anilines is 2. The number of thiazole rings is 1. The number of ether oxygens (including phenoxy) is 1. The fourth-order valence-electron chi connectivity index (χ4n) is 5.85. The quantitative estimate of drug-likeness (QED) is 0.170. The van der Waals surface area contributed by atoms with Crippen LogP contribution < -0.4 is 16.0 Å². The van der Waals surface area contributed by atoms with Crippen LogP contribution in [0.5, 0.6) is 0 Å². The number of rotatable bonds is 9. The standard InChI is InChI=1S/C33H33F3N6O4S/c1-19-12-23(15-24(13-19)40-30-37-11-8-27(42-30)33(34,35)36)26-17-39-29(47-26)32(45)9-6-22(7-10-32)28(43)38-16-21-4-2-20(3-5-21)14-25-18-46-31(44)41-25/h2-5,8,11-13,15,17,22,25,45H,6-7,9-10,14,16,18H2,1H3,(H,38,43)(H,41,44)(H,37,40,42)/t22-,25-,32+/m1/s1. The lowest BCUT2D eigenvalue weighted by atomic mass is 9.78. The van der Waals surface area contributed by atoms with Gasteiger partial charge in [-0.15, -0.1) is 11.3 Å². The summed E-state index contributed by atoms with van der Waals surface area (Å²) in [5.41, 5.74) is 2.01. The van der Waals surface area contributed by atoms with Crippen molar-refractivity contribution in [2.45, 2.75) is 63.4 Å². The van der Waals surface area contributed by atoms with Gasteiger partial charge in [0.2, 0.25) is 11.9 Å². The molecule has 246 valence electrons. The molecule has 2 amide bonds. The van der Waals surface area contributed by atoms with Gasteiger partial charge in [-0.05, 0) is 79.5 Å². The average molecular weight is 667 g/mol. The highest BCUT2D eigenvalue weighted by molar-refractivity contribution is 7.15. The number of aliphatic hydroxyl groups is 1. The van der Waals surface area contributed by atoms with Gasteiger partial charge >= 0.3 is 12.3 Å². The molecule has 0 spiro atoms. The number of aromatic nitrogens is 3. The first kappa shape index (κ1) is 32.4. The second-order valence-electron chi connectivity index (χ2n) is 12.0. The zero-order chi connectivity index (χ0) is 33.2. The van der Waals surface area contributed by atoms with E-state index in [-0.39, 0.29) is 23.8 Å². The van der Waals surface area contributed by atoms with Crippen LogP contribution in [0.25, 0.3) is 10.4 Å². The van der Waals surface area contributed by atoms with Crippen LogP contribution in [0.1, 0.15) is 53.1 Å². The molecule has 2 fully saturated rings. The number of nitrogens with one attached hydrogen (secondary N) is 3. The lowest BCUT2D eigenvalue weighted by molar-refractivity contribution is -0.141. The Labute approximate surface area is 272 Å². The summed E-state index contributed by atoms with van der Waals surface area (Å²) in [6.07, 6.45) is 0.243. The largest absolute Gasteiger partial charge is 0.447 e. The molecule has 0 bridgehead atoms. The van der Waals surface area contributed by atoms with Gasteiger partial charge in [-0.1, -0.05) is 30.3 Å². The van der Waals surface area contributed by atoms with Crippen molar-refractivity contribution in [3.05, 3.63) is 88.3 Å². The number of alkyl carbamates (subject to hydrolysis) is 1. The number of amides is 2. The van der Waals surface area contributed by atoms with E-state index in [1.807, 2.05) is 37.3 Å². The summed E-state index contributed by atoms with van der Waals surface area (Å²) in [7, 11) is 0. The van der Waals surface area contributed by atoms with Gasteiger partial charge in [-0.2, -0.15) is 13.2 Å². The monoisotopic (exact) mass is 666 g/mol. The van der Waals surface area contributed by atoms with Crippen LogP contribution in [0.2, 0.25) is 0 Å². The smallest absolute Gasteiger partial charge is 0.433 e. The lowest BCUT2D eigenvalue weighted by Gasteiger charge is -2.33. The van der Waals surface area contributed by atoms with Gasteiger partial charge in [0.15, 0.2) is 0 Å². The van der Waals surface area contributed by atoms with Crippen LogP contribution in [0, 0.1) is 12.8 Å². The summed E-state index contributed by atoms with van der Waals surface area (Å²) >= 11 is 1.35. The molecule has 0 unspecified atom stereocenters. The molecule has 2 aromatic heterocycles. The van der Waals surface area contributed by atoms with E-state index in [1.54, 1.807) is 18.3 Å². The molecule has 4 N–H and O–H groups in total. The Balaban J connectivity index is 1.03. The van der Waals surface area contributed by atoms with Gasteiger partial charge in [0.25, 0.3) is 0 Å². The summed E-state index contributed by atoms with van der Waals surface area (Å²) < 4.78 is 44.2. The van der Waals surface area contributed by atoms with E-state index in [4.69, 9.17) is 4.74 Å². The van der Waals surface area contributed by atoms with E-state index in [0.717, 1.165) is 39.4 Å². The minimum atomic E-state index is -4.58. The maximum atomic E-state index is 13.1. The van der Waals surface area contributed by atoms with Crippen LogP contribution in [0.3, 0.4) is 0 Å². The number of benzene rings is 2. The second kappa shape index (κ2) is 13.3. The van der Waals surface area contributed by atoms with Crippen LogP contribution in [-0.4, -0.2) is 44.7 Å². The molecule has 0 radical (unpaired) electrons. The van der Waals surface area contributed by atoms with E-state index in [0.29, 0.717) is 56.0 Å². The molecule has 2 aromatic carbocycles. The van der Waals surface area contributed by atoms with Crippen LogP contribution in [-0.2, 0) is 34.3 Å². The van der Waals surface area contributed by atoms with Gasteiger partial charge in [0.05, 0.1) is 10.9 Å². The van der Waals surface area contributed by atoms with Crippen molar-refractivity contribution < 1.29 is 32.6 Å². The third-order valence-electron chi connectivity index (χ3n) is 8.36. The highest BCUT2D eigenvalue weighted by Gasteiger charge is 2.39. The molecule has 4 aromatic rings. The Bertz CT molecular complexity index is 1760. The highest BCUT2D eigenvalue weighted by atomic mass is 32.1. The molecule has 1 atom stereocenters. The SMILES string of the molecule is Cc1cc(Nc2nccc(C(F)(F)F)n2)cc(-c2cnc([C@]3(O)CC[C@@H](C(=O)NCc4ccc(C[C@@H]5COC(=O)N5)cc4)CC3)s2)c1. The summed E-state index contributed by atoms with van der Waals surface area (Å²) in [6, 6.07) is 14.1. The molecule has 1 saturated carbocycles. The first-order valence-corrected chi connectivity index (χ1v) is 16.0. The normalized spacial score (nSPS) is 21.2. The second-order valence-corrected chi connectivity index (χ2v) is 13.0. The van der Waals surface area contributed by atoms with Crippen LogP contribution >= 0.6 is 11.3 Å². The molecule has 1 saturated heterocycles. The van der Waals surface area contributed by atoms with Gasteiger partial charge < -0.3 is 25.8 Å². The molecule has 1 aliphatic carbocycles. The topological polar surface area (TPSA) is 138 Å². The summed E-state index contributed by atoms with van der Waals surface area (Å²) in [5, 5.41) is 20.7. The zero-order valence-electron chi connectivity index (χ0n) is 25.4. The number of carbonyl (C=O) groups is 2. The third kappa shape index (κ3) is 7.88. The minimum Gasteiger partial charge on any atom is -0.447 e. The molecule has 1 aliphatic heterocycles. The van der Waals surface area contributed by atoms with Crippen molar-refractivity contribution in [1.82, 2.24) is 25.6 Å². The maximum Gasteiger partial charge on any atom is 0.433 e. The van der Waals surface area contributed by atoms with Crippen molar-refractivity contribution in [1.29, 1.82) is 0 Å². The molecule has 2 aliphatic rings. The van der Waals surface area contributed by atoms with Crippen molar-refractivity contribution in [2.24, 2.45) is 5.92 Å². The molecular weight excluding hydrogens is 633 g/mol. The third-order valence-corrected chi connectivity index (χ3v) is 9.60. The van der Waals surface area contributed by atoms with E-state index >= 15 is 0 Å². The lowest BCUT2D eigenvalue weighted by Crippen LogP contribution is -2.38. The molecular formula is C33H33F3N6O4S. The first-order chi connectivity index (χ1) is 22.4. The molecule has 14 heteroatoms. The van der Waals surface area contributed by atoms with Crippen molar-refractivity contribution in [3.63, 3.8) is 0 Å². The number of hydrogen-bond acceptors (Lipinski definition) is 9. The van der Waals surface area contributed by atoms with Crippen LogP contribution in [0.15, 0.2) is 60.9 Å². The molecule has 47 heavy (non-hydrogen) atoms. The Morgan fingerprint density at radius 2 is 1.85 bits per heavy atom. The number of hydrogen-bond donors (Lipinski definition) is 4. The highest BCUT2D eigenvalue weighted by Crippen LogP contribution is 2.43. The van der Waals surface area contributed by atoms with E-state index < -0.39 is 23.6 Å². The summed E-state index contributed by atoms with van der Waals surface area (Å²) in [5.74, 6) is -0.438. The van der Waals surface area contributed by atoms with E-state index in [1.165, 1.54) is 11.3 Å². The number of alkyl halides is 3. The van der Waals surface area contributed by atoms with Crippen molar-refractivity contribution in [3.8, 4) is 10.4 Å². The van der Waals surface area contributed by atoms with Crippen molar-refractivity contribution >= 4 is 35.0 Å². The average Bonchev–Trinajstić information content (AvgIpc) is 3.70. The number of nitrogens with zero attached hydrogens (tertiary/aromatic N) is 3. The fourth-order valence-corrected chi connectivity index (χ4v) is 6.89. The molecule has 10 nitrogen and oxygen atoms in total. The number of carbonyl (C=O) groups excluding carboxylic acids is 2. The van der Waals surface area contributed by atoms with E-state index in [9.17, 15) is 27.9 Å². The van der Waals surface area contributed by atoms with Gasteiger partial charge in [0.1, 0.15) is 22.9 Å². The molecule has 3 heterocycles. The molecule has 6 rings (SSSR count). The predicted octanol–water partition coefficient (Wildman–Crippen LogP) is 6.02. The maximum absolute atomic E-state index is 13.1. The summed E-state index contributed by atoms with van der Waals surface area (Å²) in [6.45, 7) is 2.62. The van der Waals surface area contributed by atoms with E-state index in [2.05, 4.69) is 30.9 Å². The number of cyclic esters (lactones) is 1. The van der Waals surface area contributed by atoms with Gasteiger partial charge in [-0.25, -0.2) is 19.7 Å². The summed E-state index contributed by atoms with van der Waals surface area (Å²) in [4.78, 5) is 37.0. The first-order valence-electron chi connectivity index (χ1n) is 15.2. The Hall–Kier alpha value is -4.56. The predicted molar refractivity (Wildman–Crippen MR) is 169 cm³/mol.